The van der Waals surface area contributed by atoms with Crippen LogP contribution in [-0.2, 0) is 0 Å². The molecule has 0 spiro atoms. The molecule has 0 aliphatic heterocycles. The molecule has 0 saturated heterocycles. The lowest BCUT2D eigenvalue weighted by atomic mass is 10.2. The molecule has 0 fully saturated rings. The normalized spacial score (nSPS) is 10.8. The van der Waals surface area contributed by atoms with Gasteiger partial charge in [0.2, 0.25) is 5.95 Å². The Labute approximate surface area is 97.9 Å². The number of rotatable bonds is 4. The molecule has 0 aliphatic rings. The van der Waals surface area contributed by atoms with Gasteiger partial charge in [-0.1, -0.05) is 13.8 Å². The predicted octanol–water partition coefficient (Wildman–Crippen LogP) is 0.0693. The van der Waals surface area contributed by atoms with Gasteiger partial charge in [0.1, 0.15) is 12.7 Å². The van der Waals surface area contributed by atoms with Crippen LogP contribution in [0.25, 0.3) is 5.95 Å². The number of nitrogens with two attached hydrogens (primary N) is 1. The summed E-state index contributed by atoms with van der Waals surface area (Å²) in [5.41, 5.74) is 5.57. The molecule has 2 rings (SSSR count). The summed E-state index contributed by atoms with van der Waals surface area (Å²) < 4.78 is 6.77. The van der Waals surface area contributed by atoms with Gasteiger partial charge in [0.15, 0.2) is 0 Å². The van der Waals surface area contributed by atoms with E-state index in [4.69, 9.17) is 10.5 Å². The van der Waals surface area contributed by atoms with E-state index >= 15 is 0 Å². The second kappa shape index (κ2) is 4.73. The number of hydrogen-bond acceptors (Lipinski definition) is 7. The van der Waals surface area contributed by atoms with Crippen LogP contribution in [0.3, 0.4) is 0 Å². The fraction of sp³-hybridized carbons (Fsp3) is 0.444. The van der Waals surface area contributed by atoms with Gasteiger partial charge in [-0.2, -0.15) is 24.7 Å². The summed E-state index contributed by atoms with van der Waals surface area (Å²) in [5, 5.41) is 3.91. The molecular weight excluding hydrogens is 222 g/mol. The van der Waals surface area contributed by atoms with Gasteiger partial charge >= 0.3 is 6.01 Å². The Kier molecular flexibility index (Phi) is 3.12. The van der Waals surface area contributed by atoms with Gasteiger partial charge in [-0.25, -0.2) is 4.98 Å². The van der Waals surface area contributed by atoms with E-state index in [1.54, 1.807) is 0 Å². The summed E-state index contributed by atoms with van der Waals surface area (Å²) in [6.45, 7) is 4.58. The zero-order valence-corrected chi connectivity index (χ0v) is 9.61. The zero-order chi connectivity index (χ0) is 12.3. The van der Waals surface area contributed by atoms with Gasteiger partial charge in [-0.05, 0) is 5.92 Å². The van der Waals surface area contributed by atoms with Crippen LogP contribution in [0.1, 0.15) is 13.8 Å². The minimum Gasteiger partial charge on any atom is -0.463 e. The van der Waals surface area contributed by atoms with E-state index in [0.717, 1.165) is 0 Å². The molecule has 0 saturated carbocycles. The van der Waals surface area contributed by atoms with E-state index in [0.29, 0.717) is 12.5 Å². The van der Waals surface area contributed by atoms with Crippen LogP contribution in [0.5, 0.6) is 6.01 Å². The molecule has 0 radical (unpaired) electrons. The first-order valence-corrected chi connectivity index (χ1v) is 5.14. The van der Waals surface area contributed by atoms with Crippen LogP contribution in [0.15, 0.2) is 12.7 Å². The Morgan fingerprint density at radius 3 is 2.82 bits per heavy atom. The third-order valence-corrected chi connectivity index (χ3v) is 1.79. The van der Waals surface area contributed by atoms with Crippen molar-refractivity contribution in [3.05, 3.63) is 12.7 Å². The molecule has 0 amide bonds. The highest BCUT2D eigenvalue weighted by Crippen LogP contribution is 2.08. The highest BCUT2D eigenvalue weighted by atomic mass is 16.5. The molecular formula is C9H13N7O. The first-order valence-electron chi connectivity index (χ1n) is 5.14. The maximum atomic E-state index is 5.57. The van der Waals surface area contributed by atoms with Crippen molar-refractivity contribution in [3.8, 4) is 12.0 Å². The lowest BCUT2D eigenvalue weighted by Gasteiger charge is -2.07. The topological polar surface area (TPSA) is 105 Å². The summed E-state index contributed by atoms with van der Waals surface area (Å²) in [6.07, 6.45) is 2.86. The van der Waals surface area contributed by atoms with Crippen LogP contribution in [0, 0.1) is 5.92 Å². The molecule has 0 atom stereocenters. The van der Waals surface area contributed by atoms with Crippen LogP contribution < -0.4 is 10.5 Å². The molecule has 17 heavy (non-hydrogen) atoms. The molecule has 2 aromatic rings. The number of anilines is 1. The molecule has 2 heterocycles. The molecule has 8 nitrogen and oxygen atoms in total. The average Bonchev–Trinajstić information content (AvgIpc) is 2.79. The summed E-state index contributed by atoms with van der Waals surface area (Å²) >= 11 is 0. The Morgan fingerprint density at radius 2 is 2.18 bits per heavy atom. The van der Waals surface area contributed by atoms with Crippen molar-refractivity contribution in [2.45, 2.75) is 13.8 Å². The number of nitrogens with zero attached hydrogens (tertiary/aromatic N) is 6. The van der Waals surface area contributed by atoms with E-state index in [-0.39, 0.29) is 17.9 Å². The maximum Gasteiger partial charge on any atom is 0.323 e. The van der Waals surface area contributed by atoms with Crippen LogP contribution in [0.4, 0.5) is 5.95 Å². The first-order chi connectivity index (χ1) is 8.15. The van der Waals surface area contributed by atoms with Gasteiger partial charge < -0.3 is 10.5 Å². The van der Waals surface area contributed by atoms with Crippen molar-refractivity contribution in [1.29, 1.82) is 0 Å². The molecule has 0 bridgehead atoms. The lowest BCUT2D eigenvalue weighted by Crippen LogP contribution is -2.12. The largest absolute Gasteiger partial charge is 0.463 e. The second-order valence-electron chi connectivity index (χ2n) is 3.82. The fourth-order valence-corrected chi connectivity index (χ4v) is 1.08. The van der Waals surface area contributed by atoms with Gasteiger partial charge in [-0.15, -0.1) is 0 Å². The van der Waals surface area contributed by atoms with E-state index < -0.39 is 0 Å². The molecule has 2 aromatic heterocycles. The highest BCUT2D eigenvalue weighted by Gasteiger charge is 2.08. The van der Waals surface area contributed by atoms with Gasteiger partial charge in [0, 0.05) is 0 Å². The molecule has 8 heteroatoms. The average molecular weight is 235 g/mol. The summed E-state index contributed by atoms with van der Waals surface area (Å²) in [5.74, 6) is 0.751. The monoisotopic (exact) mass is 235 g/mol. The van der Waals surface area contributed by atoms with E-state index in [2.05, 4.69) is 25.0 Å². The van der Waals surface area contributed by atoms with Gasteiger partial charge in [0.25, 0.3) is 5.95 Å². The Hall–Kier alpha value is -2.25. The zero-order valence-electron chi connectivity index (χ0n) is 9.61. The van der Waals surface area contributed by atoms with Crippen molar-refractivity contribution >= 4 is 5.95 Å². The molecule has 0 aromatic carbocycles. The summed E-state index contributed by atoms with van der Waals surface area (Å²) in [4.78, 5) is 15.7. The molecule has 0 unspecified atom stereocenters. The molecule has 0 aliphatic carbocycles. The number of hydrogen-bond donors (Lipinski definition) is 1. The number of nitrogen functional groups attached to an aromatic ring is 1. The van der Waals surface area contributed by atoms with Gasteiger partial charge in [-0.3, -0.25) is 0 Å². The smallest absolute Gasteiger partial charge is 0.323 e. The number of ether oxygens (including phenoxy) is 1. The Bertz CT molecular complexity index is 482. The number of aromatic nitrogens is 6. The maximum absolute atomic E-state index is 5.57. The van der Waals surface area contributed by atoms with Crippen molar-refractivity contribution < 1.29 is 4.74 Å². The third kappa shape index (κ3) is 2.86. The standard InChI is InChI=1S/C9H13N7O/c1-6(2)3-17-9-14-7(10)13-8(15-9)16-5-11-4-12-16/h4-6H,3H2,1-2H3,(H2,10,13,14,15). The Balaban J connectivity index is 2.24. The first kappa shape index (κ1) is 11.2. The van der Waals surface area contributed by atoms with Crippen LogP contribution in [-0.4, -0.2) is 36.3 Å². The quantitative estimate of drug-likeness (QED) is 0.799. The third-order valence-electron chi connectivity index (χ3n) is 1.79. The highest BCUT2D eigenvalue weighted by molar-refractivity contribution is 5.23. The van der Waals surface area contributed by atoms with E-state index in [9.17, 15) is 0 Å². The fourth-order valence-electron chi connectivity index (χ4n) is 1.08. The minimum atomic E-state index is 0.0873. The molecule has 2 N–H and O–H groups in total. The van der Waals surface area contributed by atoms with Gasteiger partial charge in [0.05, 0.1) is 6.61 Å². The summed E-state index contributed by atoms with van der Waals surface area (Å²) in [7, 11) is 0. The Morgan fingerprint density at radius 1 is 1.35 bits per heavy atom. The van der Waals surface area contributed by atoms with Crippen LogP contribution in [0.2, 0.25) is 0 Å². The van der Waals surface area contributed by atoms with E-state index in [1.807, 2.05) is 13.8 Å². The van der Waals surface area contributed by atoms with Crippen LogP contribution >= 0.6 is 0 Å². The van der Waals surface area contributed by atoms with E-state index in [1.165, 1.54) is 17.3 Å². The van der Waals surface area contributed by atoms with Crippen molar-refractivity contribution in [1.82, 2.24) is 29.7 Å². The summed E-state index contributed by atoms with van der Waals surface area (Å²) in [6, 6.07) is 0.191. The second-order valence-corrected chi connectivity index (χ2v) is 3.82. The predicted molar refractivity (Wildman–Crippen MR) is 59.5 cm³/mol. The van der Waals surface area contributed by atoms with Crippen molar-refractivity contribution in [3.63, 3.8) is 0 Å². The van der Waals surface area contributed by atoms with Crippen molar-refractivity contribution in [2.24, 2.45) is 5.92 Å². The minimum absolute atomic E-state index is 0.0873. The van der Waals surface area contributed by atoms with Crippen molar-refractivity contribution in [2.75, 3.05) is 12.3 Å². The lowest BCUT2D eigenvalue weighted by molar-refractivity contribution is 0.250. The molecule has 90 valence electrons. The SMILES string of the molecule is CC(C)COc1nc(N)nc(-n2cncn2)n1.